The van der Waals surface area contributed by atoms with Gasteiger partial charge in [-0.3, -0.25) is 26.2 Å². The highest BCUT2D eigenvalue weighted by Crippen LogP contribution is 2.22. The Bertz CT molecular complexity index is 1600. The van der Waals surface area contributed by atoms with E-state index in [0.29, 0.717) is 44.9 Å². The van der Waals surface area contributed by atoms with Crippen molar-refractivity contribution >= 4 is 43.7 Å². The molecule has 0 fully saturated rings. The lowest BCUT2D eigenvalue weighted by Crippen LogP contribution is -2.39. The van der Waals surface area contributed by atoms with E-state index in [9.17, 15) is 0 Å². The van der Waals surface area contributed by atoms with E-state index in [1.54, 1.807) is 42.7 Å². The van der Waals surface area contributed by atoms with E-state index in [2.05, 4.69) is 24.9 Å². The number of hydrogen-bond acceptors (Lipinski definition) is 10. The van der Waals surface area contributed by atoms with Gasteiger partial charge in [-0.05, 0) is 72.4 Å². The van der Waals surface area contributed by atoms with Crippen molar-refractivity contribution in [3.05, 3.63) is 126 Å². The Labute approximate surface area is 238 Å². The van der Waals surface area contributed by atoms with Gasteiger partial charge in [0.05, 0.1) is 39.9 Å². The lowest BCUT2D eigenvalue weighted by Gasteiger charge is -2.08. The predicted molar refractivity (Wildman–Crippen MR) is 161 cm³/mol. The molecule has 5 aromatic heterocycles. The minimum Gasteiger partial charge on any atom is -0.292 e. The van der Waals surface area contributed by atoms with Crippen molar-refractivity contribution in [1.82, 2.24) is 24.9 Å². The van der Waals surface area contributed by atoms with Crippen LogP contribution in [0.5, 0.6) is 0 Å². The van der Waals surface area contributed by atoms with Crippen LogP contribution in [0.25, 0.3) is 22.8 Å². The highest BCUT2D eigenvalue weighted by atomic mass is 32.2. The predicted octanol–water partition coefficient (Wildman–Crippen LogP) is 4.34. The van der Waals surface area contributed by atoms with Crippen LogP contribution >= 0.6 is 23.5 Å². The number of nitrogens with zero attached hydrogens (tertiary/aromatic N) is 5. The summed E-state index contributed by atoms with van der Waals surface area (Å²) in [5, 5.41) is 32.6. The Hall–Kier alpha value is -4.87. The molecule has 5 aromatic rings. The van der Waals surface area contributed by atoms with Gasteiger partial charge in [0.1, 0.15) is 20.8 Å². The number of nitrogens with two attached hydrogens (primary N) is 1. The van der Waals surface area contributed by atoms with E-state index < -0.39 is 0 Å². The number of nitrogens with one attached hydrogen (secondary N) is 3. The van der Waals surface area contributed by atoms with Crippen LogP contribution in [0.2, 0.25) is 0 Å². The highest BCUT2D eigenvalue weighted by molar-refractivity contribution is 8.27. The van der Waals surface area contributed by atoms with Gasteiger partial charge in [-0.1, -0.05) is 30.3 Å². The Morgan fingerprint density at radius 3 is 1.43 bits per heavy atom. The Balaban J connectivity index is 1.26. The Morgan fingerprint density at radius 2 is 0.900 bits per heavy atom. The van der Waals surface area contributed by atoms with Gasteiger partial charge in [0.15, 0.2) is 0 Å². The van der Waals surface area contributed by atoms with E-state index in [0.717, 1.165) is 29.2 Å². The molecule has 0 aliphatic rings. The minimum absolute atomic E-state index is 0.0661. The van der Waals surface area contributed by atoms with Gasteiger partial charge >= 0.3 is 0 Å². The van der Waals surface area contributed by atoms with Crippen molar-refractivity contribution in [3.8, 4) is 22.8 Å². The lowest BCUT2D eigenvalue weighted by molar-refractivity contribution is -0.107. The fourth-order valence-corrected chi connectivity index (χ4v) is 4.85. The molecule has 11 heteroatoms. The smallest absolute Gasteiger partial charge is 0.263 e. The molecular weight excluding hydrogens is 539 g/mol. The topological polar surface area (TPSA) is 162 Å². The first-order valence-electron chi connectivity index (χ1n) is 12.0. The zero-order chi connectivity index (χ0) is 27.9. The fourth-order valence-electron chi connectivity index (χ4n) is 3.56. The van der Waals surface area contributed by atoms with Gasteiger partial charge in [0, 0.05) is 24.2 Å². The summed E-state index contributed by atoms with van der Waals surface area (Å²) in [6.07, 6.45) is 3.39. The standard InChI is InChI=1S/C29H21N9S2/c30-26(22-12-5-10-20(36-22)18-8-1-3-16-34-18)39-28(32)24-14-7-15-25(38-24)29(33)40-27(31)23-13-6-11-21(37-23)19-9-2-4-17-35-19/h1-17,30-33H/p+1. The van der Waals surface area contributed by atoms with Crippen LogP contribution in [0.15, 0.2) is 103 Å². The van der Waals surface area contributed by atoms with Crippen molar-refractivity contribution in [3.63, 3.8) is 0 Å². The second-order valence-electron chi connectivity index (χ2n) is 8.21. The average molecular weight is 561 g/mol. The van der Waals surface area contributed by atoms with Gasteiger partial charge in [-0.25, -0.2) is 20.4 Å². The van der Waals surface area contributed by atoms with E-state index in [-0.39, 0.29) is 15.1 Å². The number of hydrogen-bond donors (Lipinski definition) is 4. The second kappa shape index (κ2) is 12.3. The molecule has 0 spiro atoms. The summed E-state index contributed by atoms with van der Waals surface area (Å²) < 4.78 is 0. The first-order chi connectivity index (χ1) is 19.5. The summed E-state index contributed by atoms with van der Waals surface area (Å²) in [6, 6.07) is 27.1. The molecule has 0 amide bonds. The molecule has 0 aliphatic heterocycles. The van der Waals surface area contributed by atoms with Gasteiger partial charge in [0.25, 0.3) is 5.04 Å². The summed E-state index contributed by atoms with van der Waals surface area (Å²) in [6.45, 7) is 0. The fraction of sp³-hybridized carbons (Fsp3) is 0. The number of thioether (sulfide) groups is 2. The summed E-state index contributed by atoms with van der Waals surface area (Å²) in [5.41, 5.74) is 4.43. The summed E-state index contributed by atoms with van der Waals surface area (Å²) >= 11 is 1.98. The van der Waals surface area contributed by atoms with Gasteiger partial charge in [-0.15, -0.1) is 0 Å². The van der Waals surface area contributed by atoms with Crippen molar-refractivity contribution in [2.45, 2.75) is 0 Å². The number of rotatable bonds is 6. The zero-order valence-corrected chi connectivity index (χ0v) is 22.6. The third kappa shape index (κ3) is 6.40. The maximum absolute atomic E-state index is 8.57. The zero-order valence-electron chi connectivity index (χ0n) is 20.9. The van der Waals surface area contributed by atoms with Gasteiger partial charge in [0.2, 0.25) is 0 Å². The van der Waals surface area contributed by atoms with Crippen LogP contribution in [0.1, 0.15) is 22.8 Å². The van der Waals surface area contributed by atoms with Gasteiger partial charge < -0.3 is 0 Å². The molecular formula is C29H22N9S2+. The molecule has 0 bridgehead atoms. The van der Waals surface area contributed by atoms with Crippen LogP contribution in [0, 0.1) is 16.2 Å². The minimum atomic E-state index is 0.0661. The molecule has 9 nitrogen and oxygen atoms in total. The Kier molecular flexibility index (Phi) is 8.24. The normalized spacial score (nSPS) is 10.6. The van der Waals surface area contributed by atoms with Crippen molar-refractivity contribution < 1.29 is 5.41 Å². The first kappa shape index (κ1) is 26.7. The second-order valence-corrected chi connectivity index (χ2v) is 10.3. The third-order valence-electron chi connectivity index (χ3n) is 5.47. The lowest BCUT2D eigenvalue weighted by atomic mass is 10.2. The molecule has 0 aliphatic carbocycles. The number of pyridine rings is 5. The molecule has 0 unspecified atom stereocenters. The molecule has 40 heavy (non-hydrogen) atoms. The van der Waals surface area contributed by atoms with E-state index in [4.69, 9.17) is 21.6 Å². The van der Waals surface area contributed by atoms with Crippen LogP contribution < -0.4 is 5.41 Å². The molecule has 0 atom stereocenters. The molecule has 0 saturated heterocycles. The SMILES string of the molecule is N=C(SC(=N)c1cccc(-c2ccccn2)n1)c1cccc(C(=N)SC(=[NH2+])c2cccc(-c3ccccn3)n2)n1. The third-order valence-corrected chi connectivity index (χ3v) is 7.14. The molecule has 194 valence electrons. The Morgan fingerprint density at radius 1 is 0.475 bits per heavy atom. The van der Waals surface area contributed by atoms with Crippen molar-refractivity contribution in [1.29, 1.82) is 16.2 Å². The monoisotopic (exact) mass is 560 g/mol. The van der Waals surface area contributed by atoms with Crippen LogP contribution in [-0.4, -0.2) is 45.1 Å². The largest absolute Gasteiger partial charge is 0.292 e. The maximum Gasteiger partial charge on any atom is 0.263 e. The first-order valence-corrected chi connectivity index (χ1v) is 13.6. The van der Waals surface area contributed by atoms with Crippen molar-refractivity contribution in [2.75, 3.05) is 0 Å². The van der Waals surface area contributed by atoms with E-state index in [1.807, 2.05) is 60.7 Å². The molecule has 5 N–H and O–H groups in total. The van der Waals surface area contributed by atoms with E-state index in [1.165, 1.54) is 0 Å². The van der Waals surface area contributed by atoms with Crippen molar-refractivity contribution in [2.24, 2.45) is 0 Å². The van der Waals surface area contributed by atoms with Gasteiger partial charge in [-0.2, -0.15) is 0 Å². The molecule has 5 rings (SSSR count). The highest BCUT2D eigenvalue weighted by Gasteiger charge is 2.18. The van der Waals surface area contributed by atoms with Crippen LogP contribution in [0.3, 0.4) is 0 Å². The average Bonchev–Trinajstić information content (AvgIpc) is 3.02. The molecule has 5 heterocycles. The summed E-state index contributed by atoms with van der Waals surface area (Å²) in [5.74, 6) is 0. The number of aromatic nitrogens is 5. The van der Waals surface area contributed by atoms with Crippen LogP contribution in [0.4, 0.5) is 0 Å². The van der Waals surface area contributed by atoms with E-state index >= 15 is 0 Å². The maximum atomic E-state index is 8.57. The van der Waals surface area contributed by atoms with Crippen LogP contribution in [-0.2, 0) is 0 Å². The summed E-state index contributed by atoms with van der Waals surface area (Å²) in [4.78, 5) is 22.2. The molecule has 0 aromatic carbocycles. The molecule has 0 radical (unpaired) electrons. The molecule has 0 saturated carbocycles. The summed E-state index contributed by atoms with van der Waals surface area (Å²) in [7, 11) is 0. The quantitative estimate of drug-likeness (QED) is 0.177.